The number of allylic oxidation sites excluding steroid dienone is 4. The molecule has 1 rings (SSSR count). The zero-order valence-corrected chi connectivity index (χ0v) is 7.93. The van der Waals surface area contributed by atoms with Crippen molar-refractivity contribution in [2.24, 2.45) is 0 Å². The summed E-state index contributed by atoms with van der Waals surface area (Å²) in [5.74, 6) is 0. The van der Waals surface area contributed by atoms with Gasteiger partial charge in [-0.1, -0.05) is 17.7 Å². The lowest BCUT2D eigenvalue weighted by Gasteiger charge is -2.14. The molecule has 0 heterocycles. The lowest BCUT2D eigenvalue weighted by molar-refractivity contribution is 1.02. The quantitative estimate of drug-likeness (QED) is 0.578. The second-order valence-corrected chi connectivity index (χ2v) is 3.80. The van der Waals surface area contributed by atoms with E-state index in [1.165, 1.54) is 0 Å². The molecule has 1 aliphatic rings. The molecule has 0 nitrogen and oxygen atoms in total. The van der Waals surface area contributed by atoms with Crippen LogP contribution in [0.4, 0.5) is 0 Å². The Labute approximate surface area is 75.3 Å². The molecule has 0 aromatic rings. The largest absolute Gasteiger partial charge is 0.131 e. The normalized spacial score (nSPS) is 25.7. The smallest absolute Gasteiger partial charge is 0.0693 e. The number of hydrogen-bond acceptors (Lipinski definition) is 1. The van der Waals surface area contributed by atoms with Gasteiger partial charge >= 0.3 is 0 Å². The summed E-state index contributed by atoms with van der Waals surface area (Å²) >= 11 is 13.5. The van der Waals surface area contributed by atoms with Crippen LogP contribution in [0.2, 0.25) is 0 Å². The molecule has 0 saturated heterocycles. The number of alkyl halides is 1. The minimum atomic E-state index is 0.0903. The topological polar surface area (TPSA) is 0 Å². The van der Waals surface area contributed by atoms with Gasteiger partial charge in [0.1, 0.15) is 0 Å². The van der Waals surface area contributed by atoms with Crippen LogP contribution in [0.3, 0.4) is 0 Å². The van der Waals surface area contributed by atoms with Crippen LogP contribution in [-0.4, -0.2) is 11.6 Å². The second kappa shape index (κ2) is 3.70. The van der Waals surface area contributed by atoms with Gasteiger partial charge in [-0.15, -0.1) is 23.4 Å². The molecule has 0 aromatic carbocycles. The first kappa shape index (κ1) is 8.51. The fourth-order valence-corrected chi connectivity index (χ4v) is 2.47. The van der Waals surface area contributed by atoms with E-state index in [2.05, 4.69) is 0 Å². The molecule has 0 spiro atoms. The molecule has 0 aliphatic heterocycles. The fourth-order valence-electron chi connectivity index (χ4n) is 0.855. The summed E-state index contributed by atoms with van der Waals surface area (Å²) in [6, 6.07) is 0. The van der Waals surface area contributed by atoms with E-state index in [1.54, 1.807) is 11.8 Å². The molecule has 10 heavy (non-hydrogen) atoms. The van der Waals surface area contributed by atoms with E-state index in [9.17, 15) is 0 Å². The minimum absolute atomic E-state index is 0.0903. The summed E-state index contributed by atoms with van der Waals surface area (Å²) in [5.41, 5.74) is 0. The van der Waals surface area contributed by atoms with Crippen molar-refractivity contribution < 1.29 is 0 Å². The van der Waals surface area contributed by atoms with E-state index < -0.39 is 0 Å². The summed E-state index contributed by atoms with van der Waals surface area (Å²) in [5, 5.41) is 0.881. The third kappa shape index (κ3) is 1.71. The maximum atomic E-state index is 5.96. The van der Waals surface area contributed by atoms with Gasteiger partial charge in [-0.05, 0) is 18.8 Å². The highest BCUT2D eigenvalue weighted by atomic mass is 35.5. The van der Waals surface area contributed by atoms with Gasteiger partial charge in [0.05, 0.1) is 10.4 Å². The van der Waals surface area contributed by atoms with Crippen LogP contribution in [0.1, 0.15) is 6.42 Å². The van der Waals surface area contributed by atoms with Crippen LogP contribution in [0.25, 0.3) is 0 Å². The molecule has 0 amide bonds. The van der Waals surface area contributed by atoms with Crippen molar-refractivity contribution in [1.29, 1.82) is 0 Å². The highest BCUT2D eigenvalue weighted by molar-refractivity contribution is 8.02. The van der Waals surface area contributed by atoms with E-state index >= 15 is 0 Å². The first-order valence-corrected chi connectivity index (χ1v) is 5.04. The first-order valence-electron chi connectivity index (χ1n) is 3.00. The van der Waals surface area contributed by atoms with Crippen molar-refractivity contribution in [3.63, 3.8) is 0 Å². The Balaban J connectivity index is 2.83. The third-order valence-electron chi connectivity index (χ3n) is 1.35. The monoisotopic (exact) mass is 194 g/mol. The predicted octanol–water partition coefficient (Wildman–Crippen LogP) is 3.37. The molecule has 1 aliphatic carbocycles. The van der Waals surface area contributed by atoms with Crippen molar-refractivity contribution in [3.8, 4) is 0 Å². The molecule has 56 valence electrons. The zero-order valence-electron chi connectivity index (χ0n) is 5.60. The van der Waals surface area contributed by atoms with E-state index in [4.69, 9.17) is 23.2 Å². The van der Waals surface area contributed by atoms with Crippen LogP contribution in [0.5, 0.6) is 0 Å². The highest BCUT2D eigenvalue weighted by Gasteiger charge is 2.14. The minimum Gasteiger partial charge on any atom is -0.131 e. The summed E-state index contributed by atoms with van der Waals surface area (Å²) in [6.45, 7) is 0. The number of rotatable bonds is 1. The molecular formula is C7H8Cl2S. The molecule has 0 radical (unpaired) electrons. The SMILES string of the molecule is CSC1=C(Cl)C=CCC1Cl. The van der Waals surface area contributed by atoms with Crippen molar-refractivity contribution in [3.05, 3.63) is 22.1 Å². The first-order chi connectivity index (χ1) is 4.75. The van der Waals surface area contributed by atoms with Crippen LogP contribution >= 0.6 is 35.0 Å². The predicted molar refractivity (Wildman–Crippen MR) is 49.8 cm³/mol. The van der Waals surface area contributed by atoms with Crippen LogP contribution < -0.4 is 0 Å². The Morgan fingerprint density at radius 2 is 2.40 bits per heavy atom. The van der Waals surface area contributed by atoms with Gasteiger partial charge in [0.25, 0.3) is 0 Å². The maximum absolute atomic E-state index is 5.96. The maximum Gasteiger partial charge on any atom is 0.0693 e. The van der Waals surface area contributed by atoms with E-state index in [0.29, 0.717) is 0 Å². The van der Waals surface area contributed by atoms with Crippen LogP contribution in [0, 0.1) is 0 Å². The summed E-state index contributed by atoms with van der Waals surface area (Å²) in [7, 11) is 0. The van der Waals surface area contributed by atoms with Crippen molar-refractivity contribution in [2.45, 2.75) is 11.8 Å². The van der Waals surface area contributed by atoms with Gasteiger partial charge in [-0.3, -0.25) is 0 Å². The molecule has 1 unspecified atom stereocenters. The van der Waals surface area contributed by atoms with Crippen molar-refractivity contribution in [1.82, 2.24) is 0 Å². The Morgan fingerprint density at radius 1 is 1.70 bits per heavy atom. The van der Waals surface area contributed by atoms with E-state index in [0.717, 1.165) is 16.4 Å². The van der Waals surface area contributed by atoms with E-state index in [-0.39, 0.29) is 5.38 Å². The molecule has 0 bridgehead atoms. The summed E-state index contributed by atoms with van der Waals surface area (Å²) in [4.78, 5) is 1.09. The fraction of sp³-hybridized carbons (Fsp3) is 0.429. The Bertz CT molecular complexity index is 184. The Kier molecular flexibility index (Phi) is 3.15. The van der Waals surface area contributed by atoms with Gasteiger partial charge in [0, 0.05) is 4.91 Å². The average Bonchev–Trinajstić information content (AvgIpc) is 1.88. The van der Waals surface area contributed by atoms with Crippen LogP contribution in [-0.2, 0) is 0 Å². The molecule has 3 heteroatoms. The van der Waals surface area contributed by atoms with Crippen molar-refractivity contribution >= 4 is 35.0 Å². The van der Waals surface area contributed by atoms with Crippen LogP contribution in [0.15, 0.2) is 22.1 Å². The lowest BCUT2D eigenvalue weighted by Crippen LogP contribution is -2.03. The number of hydrogen-bond donors (Lipinski definition) is 0. The third-order valence-corrected chi connectivity index (χ3v) is 3.26. The Morgan fingerprint density at radius 3 is 2.80 bits per heavy atom. The summed E-state index contributed by atoms with van der Waals surface area (Å²) < 4.78 is 0. The molecule has 0 saturated carbocycles. The second-order valence-electron chi connectivity index (χ2n) is 2.02. The van der Waals surface area contributed by atoms with Gasteiger partial charge < -0.3 is 0 Å². The zero-order chi connectivity index (χ0) is 7.56. The molecule has 0 aromatic heterocycles. The Hall–Kier alpha value is 0.410. The van der Waals surface area contributed by atoms with Gasteiger partial charge in [0.2, 0.25) is 0 Å². The number of halogens is 2. The molecule has 0 fully saturated rings. The van der Waals surface area contributed by atoms with Gasteiger partial charge in [0.15, 0.2) is 0 Å². The van der Waals surface area contributed by atoms with Gasteiger partial charge in [-0.25, -0.2) is 0 Å². The molecule has 0 N–H and O–H groups in total. The lowest BCUT2D eigenvalue weighted by atomic mass is 10.2. The number of thioether (sulfide) groups is 1. The highest BCUT2D eigenvalue weighted by Crippen LogP contribution is 2.32. The van der Waals surface area contributed by atoms with Crippen molar-refractivity contribution in [2.75, 3.05) is 6.26 Å². The standard InChI is InChI=1S/C7H8Cl2S/c1-10-7-5(8)3-2-4-6(7)9/h2-3,6H,4H2,1H3. The molecular weight excluding hydrogens is 187 g/mol. The molecule has 1 atom stereocenters. The summed E-state index contributed by atoms with van der Waals surface area (Å²) in [6.07, 6.45) is 6.80. The van der Waals surface area contributed by atoms with E-state index in [1.807, 2.05) is 18.4 Å². The average molecular weight is 195 g/mol. The van der Waals surface area contributed by atoms with Gasteiger partial charge in [-0.2, -0.15) is 0 Å².